The Balaban J connectivity index is 1.72. The van der Waals surface area contributed by atoms with E-state index in [4.69, 9.17) is 25.5 Å². The fraction of sp³-hybridized carbons (Fsp3) is 0.267. The van der Waals surface area contributed by atoms with Gasteiger partial charge in [0.1, 0.15) is 23.9 Å². The number of benzene rings is 1. The first-order chi connectivity index (χ1) is 10.2. The molecule has 1 aromatic heterocycles. The van der Waals surface area contributed by atoms with E-state index in [0.717, 1.165) is 5.75 Å². The first kappa shape index (κ1) is 15.3. The van der Waals surface area contributed by atoms with Crippen LogP contribution >= 0.6 is 11.6 Å². The van der Waals surface area contributed by atoms with Gasteiger partial charge in [-0.1, -0.05) is 0 Å². The SMILES string of the molecule is COc1ccc(OCCNC(=O)c2ccc(CCl)o2)cc1. The van der Waals surface area contributed by atoms with E-state index in [1.165, 1.54) is 0 Å². The molecule has 0 bridgehead atoms. The van der Waals surface area contributed by atoms with Crippen LogP contribution in [0.25, 0.3) is 0 Å². The molecular formula is C15H16ClNO4. The minimum atomic E-state index is -0.287. The van der Waals surface area contributed by atoms with Crippen molar-refractivity contribution in [3.05, 3.63) is 47.9 Å². The van der Waals surface area contributed by atoms with Gasteiger partial charge in [-0.05, 0) is 36.4 Å². The van der Waals surface area contributed by atoms with E-state index in [2.05, 4.69) is 5.32 Å². The van der Waals surface area contributed by atoms with Gasteiger partial charge < -0.3 is 19.2 Å². The third-order valence-electron chi connectivity index (χ3n) is 2.73. The van der Waals surface area contributed by atoms with E-state index < -0.39 is 0 Å². The number of furan rings is 1. The summed E-state index contributed by atoms with van der Waals surface area (Å²) in [7, 11) is 1.61. The second-order valence-electron chi connectivity index (χ2n) is 4.18. The minimum absolute atomic E-state index is 0.244. The van der Waals surface area contributed by atoms with Gasteiger partial charge in [0.15, 0.2) is 5.76 Å². The molecule has 0 aliphatic carbocycles. The zero-order chi connectivity index (χ0) is 15.1. The molecule has 0 spiro atoms. The number of ether oxygens (including phenoxy) is 2. The summed E-state index contributed by atoms with van der Waals surface area (Å²) < 4.78 is 15.8. The third-order valence-corrected chi connectivity index (χ3v) is 3.00. The van der Waals surface area contributed by atoms with Crippen LogP contribution in [0.2, 0.25) is 0 Å². The van der Waals surface area contributed by atoms with Crippen molar-refractivity contribution >= 4 is 17.5 Å². The lowest BCUT2D eigenvalue weighted by Crippen LogP contribution is -2.27. The zero-order valence-electron chi connectivity index (χ0n) is 11.6. The van der Waals surface area contributed by atoms with E-state index in [1.807, 2.05) is 12.1 Å². The van der Waals surface area contributed by atoms with Crippen molar-refractivity contribution in [1.82, 2.24) is 5.32 Å². The smallest absolute Gasteiger partial charge is 0.287 e. The maximum absolute atomic E-state index is 11.7. The zero-order valence-corrected chi connectivity index (χ0v) is 12.4. The van der Waals surface area contributed by atoms with Crippen molar-refractivity contribution < 1.29 is 18.7 Å². The van der Waals surface area contributed by atoms with Crippen molar-refractivity contribution in [2.75, 3.05) is 20.3 Å². The normalized spacial score (nSPS) is 10.2. The summed E-state index contributed by atoms with van der Waals surface area (Å²) in [5.41, 5.74) is 0. The van der Waals surface area contributed by atoms with E-state index >= 15 is 0 Å². The molecular weight excluding hydrogens is 294 g/mol. The second-order valence-corrected chi connectivity index (χ2v) is 4.45. The Hall–Kier alpha value is -2.14. The fourth-order valence-corrected chi connectivity index (χ4v) is 1.81. The number of carbonyl (C=O) groups excluding carboxylic acids is 1. The highest BCUT2D eigenvalue weighted by atomic mass is 35.5. The van der Waals surface area contributed by atoms with Gasteiger partial charge in [0.2, 0.25) is 0 Å². The molecule has 0 atom stereocenters. The molecule has 1 amide bonds. The highest BCUT2D eigenvalue weighted by Crippen LogP contribution is 2.16. The molecule has 2 aromatic rings. The van der Waals surface area contributed by atoms with Gasteiger partial charge in [-0.2, -0.15) is 0 Å². The molecule has 2 rings (SSSR count). The number of nitrogens with one attached hydrogen (secondary N) is 1. The average Bonchev–Trinajstić information content (AvgIpc) is 3.01. The van der Waals surface area contributed by atoms with Crippen molar-refractivity contribution in [2.45, 2.75) is 5.88 Å². The van der Waals surface area contributed by atoms with Gasteiger partial charge >= 0.3 is 0 Å². The molecule has 0 saturated heterocycles. The maximum Gasteiger partial charge on any atom is 0.287 e. The summed E-state index contributed by atoms with van der Waals surface area (Å²) in [5.74, 6) is 2.25. The summed E-state index contributed by atoms with van der Waals surface area (Å²) in [4.78, 5) is 11.7. The van der Waals surface area contributed by atoms with Gasteiger partial charge in [0, 0.05) is 0 Å². The van der Waals surface area contributed by atoms with Gasteiger partial charge in [-0.25, -0.2) is 0 Å². The molecule has 0 unspecified atom stereocenters. The monoisotopic (exact) mass is 309 g/mol. The van der Waals surface area contributed by atoms with Crippen LogP contribution in [-0.4, -0.2) is 26.2 Å². The van der Waals surface area contributed by atoms with Crippen molar-refractivity contribution in [2.24, 2.45) is 0 Å². The highest BCUT2D eigenvalue weighted by molar-refractivity contribution is 6.16. The van der Waals surface area contributed by atoms with Gasteiger partial charge in [0.25, 0.3) is 5.91 Å². The Labute approximate surface area is 127 Å². The molecule has 1 heterocycles. The molecule has 112 valence electrons. The van der Waals surface area contributed by atoms with Gasteiger partial charge in [-0.3, -0.25) is 4.79 Å². The number of halogens is 1. The molecule has 21 heavy (non-hydrogen) atoms. The Bertz CT molecular complexity index is 580. The van der Waals surface area contributed by atoms with Crippen LogP contribution in [0.3, 0.4) is 0 Å². The lowest BCUT2D eigenvalue weighted by Gasteiger charge is -2.07. The number of hydrogen-bond donors (Lipinski definition) is 1. The standard InChI is InChI=1S/C15H16ClNO4/c1-19-11-2-4-12(5-3-11)20-9-8-17-15(18)14-7-6-13(10-16)21-14/h2-7H,8-10H2,1H3,(H,17,18). The Morgan fingerprint density at radius 3 is 2.52 bits per heavy atom. The third kappa shape index (κ3) is 4.43. The number of hydrogen-bond acceptors (Lipinski definition) is 4. The van der Waals surface area contributed by atoms with E-state index in [1.54, 1.807) is 31.4 Å². The fourth-order valence-electron chi connectivity index (χ4n) is 1.66. The molecule has 5 nitrogen and oxygen atoms in total. The van der Waals surface area contributed by atoms with Crippen LogP contribution in [-0.2, 0) is 5.88 Å². The van der Waals surface area contributed by atoms with Crippen LogP contribution in [0.1, 0.15) is 16.3 Å². The average molecular weight is 310 g/mol. The summed E-state index contributed by atoms with van der Waals surface area (Å²) in [6.45, 7) is 0.739. The predicted octanol–water partition coefficient (Wildman–Crippen LogP) is 2.84. The van der Waals surface area contributed by atoms with E-state index in [0.29, 0.717) is 24.7 Å². The number of rotatable bonds is 7. The molecule has 0 aliphatic heterocycles. The molecule has 1 aromatic carbocycles. The predicted molar refractivity (Wildman–Crippen MR) is 79.1 cm³/mol. The number of carbonyl (C=O) groups is 1. The molecule has 0 fully saturated rings. The first-order valence-corrected chi connectivity index (χ1v) is 6.96. The van der Waals surface area contributed by atoms with E-state index in [-0.39, 0.29) is 17.5 Å². The Morgan fingerprint density at radius 2 is 1.90 bits per heavy atom. The number of methoxy groups -OCH3 is 1. The number of amides is 1. The molecule has 1 N–H and O–H groups in total. The van der Waals surface area contributed by atoms with Gasteiger partial charge in [-0.15, -0.1) is 11.6 Å². The Morgan fingerprint density at radius 1 is 1.19 bits per heavy atom. The summed E-state index contributed by atoms with van der Waals surface area (Å²) in [5, 5.41) is 2.70. The molecule has 0 radical (unpaired) electrons. The lowest BCUT2D eigenvalue weighted by atomic mass is 10.3. The van der Waals surface area contributed by atoms with Crippen molar-refractivity contribution in [3.8, 4) is 11.5 Å². The Kier molecular flexibility index (Phi) is 5.51. The van der Waals surface area contributed by atoms with Gasteiger partial charge in [0.05, 0.1) is 19.5 Å². The summed E-state index contributed by atoms with van der Waals surface area (Å²) in [6, 6.07) is 10.5. The molecule has 0 saturated carbocycles. The van der Waals surface area contributed by atoms with Crippen LogP contribution in [0.15, 0.2) is 40.8 Å². The highest BCUT2D eigenvalue weighted by Gasteiger charge is 2.09. The molecule has 0 aliphatic rings. The van der Waals surface area contributed by atoms with Crippen LogP contribution < -0.4 is 14.8 Å². The minimum Gasteiger partial charge on any atom is -0.497 e. The summed E-state index contributed by atoms with van der Waals surface area (Å²) >= 11 is 5.61. The van der Waals surface area contributed by atoms with Crippen LogP contribution in [0.5, 0.6) is 11.5 Å². The largest absolute Gasteiger partial charge is 0.497 e. The van der Waals surface area contributed by atoms with Crippen molar-refractivity contribution in [1.29, 1.82) is 0 Å². The second kappa shape index (κ2) is 7.59. The topological polar surface area (TPSA) is 60.7 Å². The maximum atomic E-state index is 11.7. The molecule has 6 heteroatoms. The van der Waals surface area contributed by atoms with E-state index in [9.17, 15) is 4.79 Å². The van der Waals surface area contributed by atoms with Crippen LogP contribution in [0, 0.1) is 0 Å². The van der Waals surface area contributed by atoms with Crippen LogP contribution in [0.4, 0.5) is 0 Å². The number of alkyl halides is 1. The quantitative estimate of drug-likeness (QED) is 0.631. The first-order valence-electron chi connectivity index (χ1n) is 6.42. The lowest BCUT2D eigenvalue weighted by molar-refractivity contribution is 0.0918. The summed E-state index contributed by atoms with van der Waals surface area (Å²) in [6.07, 6.45) is 0. The van der Waals surface area contributed by atoms with Crippen molar-refractivity contribution in [3.63, 3.8) is 0 Å².